The third-order valence-corrected chi connectivity index (χ3v) is 5.22. The fourth-order valence-corrected chi connectivity index (χ4v) is 3.60. The summed E-state index contributed by atoms with van der Waals surface area (Å²) in [4.78, 5) is 28.0. The minimum absolute atomic E-state index is 0.0604. The number of carboxylic acids is 1. The van der Waals surface area contributed by atoms with Gasteiger partial charge in [0.2, 0.25) is 0 Å². The zero-order valence-electron chi connectivity index (χ0n) is 12.9. The molecule has 0 unspecified atom stereocenters. The number of rotatable bonds is 4. The Labute approximate surface area is 155 Å². The Bertz CT molecular complexity index is 1080. The van der Waals surface area contributed by atoms with E-state index in [0.29, 0.717) is 21.7 Å². The lowest BCUT2D eigenvalue weighted by Crippen LogP contribution is -2.09. The number of thiophene rings is 1. The van der Waals surface area contributed by atoms with Gasteiger partial charge in [0.25, 0.3) is 5.91 Å². The van der Waals surface area contributed by atoms with Crippen molar-refractivity contribution in [3.05, 3.63) is 56.6 Å². The lowest BCUT2D eigenvalue weighted by Gasteiger charge is -1.99. The first-order chi connectivity index (χ1) is 12.5. The van der Waals surface area contributed by atoms with E-state index in [-0.39, 0.29) is 14.9 Å². The van der Waals surface area contributed by atoms with E-state index in [2.05, 4.69) is 10.3 Å². The minimum atomic E-state index is -1.10. The molecule has 1 aromatic carbocycles. The van der Waals surface area contributed by atoms with Crippen LogP contribution in [0.3, 0.4) is 0 Å². The maximum atomic E-state index is 12.2. The fraction of sp³-hybridized carbons (Fsp3) is 0. The van der Waals surface area contributed by atoms with Crippen molar-refractivity contribution in [1.29, 1.82) is 10.5 Å². The van der Waals surface area contributed by atoms with Crippen LogP contribution in [-0.4, -0.2) is 22.0 Å². The van der Waals surface area contributed by atoms with E-state index >= 15 is 0 Å². The van der Waals surface area contributed by atoms with Crippen molar-refractivity contribution >= 4 is 39.7 Å². The first kappa shape index (κ1) is 17.3. The molecule has 7 nitrogen and oxygen atoms in total. The van der Waals surface area contributed by atoms with Gasteiger partial charge in [-0.15, -0.1) is 11.3 Å². The molecule has 0 spiro atoms. The molecule has 0 aliphatic rings. The summed E-state index contributed by atoms with van der Waals surface area (Å²) in [6, 6.07) is 13.4. The van der Waals surface area contributed by atoms with Crippen molar-refractivity contribution in [3.8, 4) is 23.4 Å². The van der Waals surface area contributed by atoms with Gasteiger partial charge in [0.05, 0.1) is 16.5 Å². The molecule has 0 saturated heterocycles. The summed E-state index contributed by atoms with van der Waals surface area (Å²) in [5.41, 5.74) is 1.55. The number of amides is 1. The normalized spacial score (nSPS) is 9.92. The number of hydrogen-bond donors (Lipinski definition) is 2. The van der Waals surface area contributed by atoms with E-state index in [4.69, 9.17) is 10.4 Å². The Kier molecular flexibility index (Phi) is 4.76. The molecule has 2 heterocycles. The van der Waals surface area contributed by atoms with Crippen LogP contribution in [0.25, 0.3) is 11.3 Å². The van der Waals surface area contributed by atoms with Crippen molar-refractivity contribution < 1.29 is 14.7 Å². The third-order valence-electron chi connectivity index (χ3n) is 3.28. The molecule has 3 aromatic rings. The molecule has 0 aliphatic heterocycles. The van der Waals surface area contributed by atoms with Crippen molar-refractivity contribution in [3.63, 3.8) is 0 Å². The Morgan fingerprint density at radius 2 is 1.69 bits per heavy atom. The predicted molar refractivity (Wildman–Crippen MR) is 96.2 cm³/mol. The first-order valence-electron chi connectivity index (χ1n) is 7.07. The summed E-state index contributed by atoms with van der Waals surface area (Å²) in [5, 5.41) is 29.9. The zero-order valence-corrected chi connectivity index (χ0v) is 14.5. The number of carboxylic acid groups (broad SMARTS) is 1. The number of thiazole rings is 1. The molecule has 0 bridgehead atoms. The molecule has 26 heavy (non-hydrogen) atoms. The quantitative estimate of drug-likeness (QED) is 0.712. The first-order valence-corrected chi connectivity index (χ1v) is 8.71. The smallest absolute Gasteiger partial charge is 0.345 e. The topological polar surface area (TPSA) is 127 Å². The second-order valence-corrected chi connectivity index (χ2v) is 7.00. The number of carbonyl (C=O) groups is 2. The van der Waals surface area contributed by atoms with Crippen LogP contribution in [0.1, 0.15) is 29.8 Å². The van der Waals surface area contributed by atoms with Gasteiger partial charge < -0.3 is 5.11 Å². The van der Waals surface area contributed by atoms with Gasteiger partial charge in [-0.25, -0.2) is 9.78 Å². The molecule has 0 radical (unpaired) electrons. The SMILES string of the molecule is N#Cc1ccc(-c2nc(NC(=O)c3ccc(C(=O)O)s3)sc2C#N)cc1. The summed E-state index contributed by atoms with van der Waals surface area (Å²) in [6.45, 7) is 0. The van der Waals surface area contributed by atoms with Crippen LogP contribution in [0.5, 0.6) is 0 Å². The van der Waals surface area contributed by atoms with Gasteiger partial charge in [0.1, 0.15) is 21.5 Å². The van der Waals surface area contributed by atoms with Crippen molar-refractivity contribution in [1.82, 2.24) is 4.98 Å². The molecule has 9 heteroatoms. The van der Waals surface area contributed by atoms with Crippen LogP contribution in [0, 0.1) is 22.7 Å². The number of nitrogens with one attached hydrogen (secondary N) is 1. The number of benzene rings is 1. The van der Waals surface area contributed by atoms with Crippen LogP contribution in [-0.2, 0) is 0 Å². The van der Waals surface area contributed by atoms with Crippen LogP contribution >= 0.6 is 22.7 Å². The molecular weight excluding hydrogens is 372 g/mol. The van der Waals surface area contributed by atoms with Gasteiger partial charge in [-0.05, 0) is 24.3 Å². The molecule has 2 N–H and O–H groups in total. The van der Waals surface area contributed by atoms with E-state index in [1.165, 1.54) is 12.1 Å². The Morgan fingerprint density at radius 1 is 1.00 bits per heavy atom. The highest BCUT2D eigenvalue weighted by atomic mass is 32.1. The van der Waals surface area contributed by atoms with Crippen LogP contribution in [0.4, 0.5) is 5.13 Å². The number of aromatic nitrogens is 1. The second kappa shape index (κ2) is 7.15. The molecule has 0 atom stereocenters. The molecule has 0 aliphatic carbocycles. The van der Waals surface area contributed by atoms with E-state index in [1.807, 2.05) is 12.1 Å². The molecule has 0 fully saturated rings. The number of carbonyl (C=O) groups excluding carboxylic acids is 1. The third kappa shape index (κ3) is 3.44. The molecule has 2 aromatic heterocycles. The Balaban J connectivity index is 1.86. The van der Waals surface area contributed by atoms with Crippen molar-refractivity contribution in [2.45, 2.75) is 0 Å². The summed E-state index contributed by atoms with van der Waals surface area (Å²) >= 11 is 1.87. The highest BCUT2D eigenvalue weighted by molar-refractivity contribution is 7.17. The van der Waals surface area contributed by atoms with E-state index in [1.54, 1.807) is 24.3 Å². The van der Waals surface area contributed by atoms with Gasteiger partial charge in [-0.3, -0.25) is 10.1 Å². The summed E-state index contributed by atoms with van der Waals surface area (Å²) < 4.78 is 0. The summed E-state index contributed by atoms with van der Waals surface area (Å²) in [5.74, 6) is -1.59. The number of nitriles is 2. The molecule has 1 amide bonds. The van der Waals surface area contributed by atoms with Gasteiger partial charge >= 0.3 is 5.97 Å². The number of hydrogen-bond acceptors (Lipinski definition) is 7. The van der Waals surface area contributed by atoms with Gasteiger partial charge in [-0.2, -0.15) is 10.5 Å². The van der Waals surface area contributed by atoms with Gasteiger partial charge in [0.15, 0.2) is 5.13 Å². The molecule has 0 saturated carbocycles. The number of aromatic carboxylic acids is 1. The zero-order chi connectivity index (χ0) is 18.7. The van der Waals surface area contributed by atoms with Gasteiger partial charge in [0, 0.05) is 5.56 Å². The standard InChI is InChI=1S/C17H8N4O3S2/c18-7-9-1-3-10(4-2-9)14-13(8-19)26-17(20-14)21-15(22)11-5-6-12(25-11)16(23)24/h1-6H,(H,23,24)(H,20,21,22). The minimum Gasteiger partial charge on any atom is -0.477 e. The average Bonchev–Trinajstić information content (AvgIpc) is 3.29. The molecular formula is C17H8N4O3S2. The maximum Gasteiger partial charge on any atom is 0.345 e. The highest BCUT2D eigenvalue weighted by Crippen LogP contribution is 2.31. The molecule has 126 valence electrons. The number of anilines is 1. The molecule has 3 rings (SSSR count). The lowest BCUT2D eigenvalue weighted by atomic mass is 10.1. The summed E-state index contributed by atoms with van der Waals surface area (Å²) in [6.07, 6.45) is 0. The highest BCUT2D eigenvalue weighted by Gasteiger charge is 2.17. The predicted octanol–water partition coefficient (Wildman–Crippen LogP) is 3.57. The summed E-state index contributed by atoms with van der Waals surface area (Å²) in [7, 11) is 0. The lowest BCUT2D eigenvalue weighted by molar-refractivity contribution is 0.0702. The fourth-order valence-electron chi connectivity index (χ4n) is 2.08. The van der Waals surface area contributed by atoms with Gasteiger partial charge in [-0.1, -0.05) is 23.5 Å². The number of nitrogens with zero attached hydrogens (tertiary/aromatic N) is 3. The maximum absolute atomic E-state index is 12.2. The van der Waals surface area contributed by atoms with Crippen molar-refractivity contribution in [2.24, 2.45) is 0 Å². The van der Waals surface area contributed by atoms with Crippen LogP contribution < -0.4 is 5.32 Å². The van der Waals surface area contributed by atoms with E-state index in [9.17, 15) is 14.9 Å². The largest absolute Gasteiger partial charge is 0.477 e. The monoisotopic (exact) mass is 380 g/mol. The van der Waals surface area contributed by atoms with Crippen LogP contribution in [0.15, 0.2) is 36.4 Å². The van der Waals surface area contributed by atoms with Crippen molar-refractivity contribution in [2.75, 3.05) is 5.32 Å². The average molecular weight is 380 g/mol. The van der Waals surface area contributed by atoms with Crippen LogP contribution in [0.2, 0.25) is 0 Å². The second-order valence-electron chi connectivity index (χ2n) is 4.92. The van der Waals surface area contributed by atoms with E-state index in [0.717, 1.165) is 22.7 Å². The Morgan fingerprint density at radius 3 is 2.27 bits per heavy atom. The Hall–Kier alpha value is -3.53. The van der Waals surface area contributed by atoms with E-state index < -0.39 is 11.9 Å².